The van der Waals surface area contributed by atoms with Crippen molar-refractivity contribution < 1.29 is 46.1 Å². The predicted octanol–water partition coefficient (Wildman–Crippen LogP) is -1.51. The molecule has 2 heterocycles. The zero-order valence-electron chi connectivity index (χ0n) is 26.4. The molecule has 10 nitrogen and oxygen atoms in total. The van der Waals surface area contributed by atoms with Gasteiger partial charge in [0, 0.05) is 42.7 Å². The molecule has 5 rings (SSSR count). The Kier molecular flexibility index (Phi) is 11.4. The molecule has 228 valence electrons. The Morgan fingerprint density at radius 3 is 1.22 bits per heavy atom. The van der Waals surface area contributed by atoms with Crippen molar-refractivity contribution in [1.29, 1.82) is 0 Å². The van der Waals surface area contributed by atoms with E-state index in [0.717, 1.165) is 32.8 Å². The minimum atomic E-state index is -2.36. The molecule has 0 aliphatic carbocycles. The number of benzene rings is 3. The Morgan fingerprint density at radius 1 is 0.511 bits per heavy atom. The first-order valence-corrected chi connectivity index (χ1v) is 14.6. The second kappa shape index (κ2) is 15.4. The molecule has 16 heteroatoms. The van der Waals surface area contributed by atoms with Gasteiger partial charge in [0.1, 0.15) is 12.4 Å². The van der Waals surface area contributed by atoms with Crippen LogP contribution in [0.15, 0.2) is 103 Å². The van der Waals surface area contributed by atoms with E-state index in [0.29, 0.717) is 0 Å². The van der Waals surface area contributed by atoms with Crippen LogP contribution in [0.25, 0.3) is 0 Å². The zero-order chi connectivity index (χ0) is 31.8. The lowest BCUT2D eigenvalue weighted by atomic mass is 9.53. The summed E-state index contributed by atoms with van der Waals surface area (Å²) in [5, 5.41) is 0. The fourth-order valence-corrected chi connectivity index (χ4v) is 5.59. The highest BCUT2D eigenvalue weighted by Crippen LogP contribution is 2.17. The molecule has 0 N–H and O–H groups in total. The Bertz CT molecular complexity index is 1410. The average molecular weight is 606 g/mol. The SMILES string of the molecule is COB(OC)c1ccc(B2OB(c3ccc(B(OC)OC)cc3)O[B-](c3ccc(B(OC)OC)cc3)([n+]3ccccc3)O2)cc1. The molecular formula is C29H35B6NO9. The van der Waals surface area contributed by atoms with Gasteiger partial charge in [-0.15, -0.1) is 0 Å². The van der Waals surface area contributed by atoms with Crippen LogP contribution in [-0.2, 0) is 41.6 Å². The maximum absolute atomic E-state index is 6.90. The minimum absolute atomic E-state index is 0.491. The molecule has 1 aliphatic heterocycles. The highest BCUT2D eigenvalue weighted by Gasteiger charge is 2.54. The first-order chi connectivity index (χ1) is 22.0. The van der Waals surface area contributed by atoms with Crippen LogP contribution in [0.2, 0.25) is 0 Å². The predicted molar refractivity (Wildman–Crippen MR) is 179 cm³/mol. The van der Waals surface area contributed by atoms with Crippen LogP contribution in [-0.4, -0.2) is 84.9 Å². The van der Waals surface area contributed by atoms with Gasteiger partial charge in [0.15, 0.2) is 0 Å². The van der Waals surface area contributed by atoms with Gasteiger partial charge in [0.25, 0.3) is 0 Å². The molecule has 0 radical (unpaired) electrons. The average Bonchev–Trinajstić information content (AvgIpc) is 3.11. The third kappa shape index (κ3) is 7.15. The molecule has 0 saturated carbocycles. The van der Waals surface area contributed by atoms with E-state index in [1.807, 2.05) is 108 Å². The quantitative estimate of drug-likeness (QED) is 0.169. The number of nitrogens with zero attached hydrogens (tertiary/aromatic N) is 1. The van der Waals surface area contributed by atoms with E-state index in [1.54, 1.807) is 42.7 Å². The first kappa shape index (κ1) is 33.2. The van der Waals surface area contributed by atoms with Crippen LogP contribution in [0.3, 0.4) is 0 Å². The van der Waals surface area contributed by atoms with E-state index >= 15 is 0 Å². The van der Waals surface area contributed by atoms with Crippen molar-refractivity contribution in [3.63, 3.8) is 0 Å². The van der Waals surface area contributed by atoms with Crippen LogP contribution in [0, 0.1) is 0 Å². The number of hydrogen-bond donors (Lipinski definition) is 0. The fourth-order valence-electron chi connectivity index (χ4n) is 5.59. The van der Waals surface area contributed by atoms with E-state index < -0.39 is 42.3 Å². The summed E-state index contributed by atoms with van der Waals surface area (Å²) in [6, 6.07) is 29.2. The van der Waals surface area contributed by atoms with Gasteiger partial charge < -0.3 is 46.1 Å². The topological polar surface area (TPSA) is 87.0 Å². The van der Waals surface area contributed by atoms with E-state index in [4.69, 9.17) is 41.6 Å². The van der Waals surface area contributed by atoms with Crippen molar-refractivity contribution in [2.24, 2.45) is 0 Å². The molecule has 1 aliphatic rings. The molecule has 45 heavy (non-hydrogen) atoms. The lowest BCUT2D eigenvalue weighted by molar-refractivity contribution is -0.569. The third-order valence-electron chi connectivity index (χ3n) is 7.87. The first-order valence-electron chi connectivity index (χ1n) is 14.6. The molecule has 1 saturated heterocycles. The Labute approximate surface area is 266 Å². The number of rotatable bonds is 13. The second-order valence-corrected chi connectivity index (χ2v) is 10.5. The molecular weight excluding hydrogens is 571 g/mol. The Hall–Kier alpha value is -3.16. The summed E-state index contributed by atoms with van der Waals surface area (Å²) in [5.74, 6) is 0. The number of pyridine rings is 1. The molecule has 0 bridgehead atoms. The fraction of sp³-hybridized carbons (Fsp3) is 0.207. The summed E-state index contributed by atoms with van der Waals surface area (Å²) < 4.78 is 55.0. The molecule has 1 aromatic heterocycles. The van der Waals surface area contributed by atoms with Crippen molar-refractivity contribution in [2.45, 2.75) is 0 Å². The summed E-state index contributed by atoms with van der Waals surface area (Å²) in [4.78, 5) is 0. The third-order valence-corrected chi connectivity index (χ3v) is 7.87. The Balaban J connectivity index is 1.61. The summed E-state index contributed by atoms with van der Waals surface area (Å²) >= 11 is 0. The molecule has 3 aromatic carbocycles. The van der Waals surface area contributed by atoms with Gasteiger partial charge in [0.05, 0.1) is 0 Å². The van der Waals surface area contributed by atoms with Gasteiger partial charge in [-0.25, -0.2) is 0 Å². The van der Waals surface area contributed by atoms with E-state index in [-0.39, 0.29) is 0 Å². The van der Waals surface area contributed by atoms with Gasteiger partial charge in [-0.1, -0.05) is 84.3 Å². The highest BCUT2D eigenvalue weighted by atomic mass is 16.7. The summed E-state index contributed by atoms with van der Waals surface area (Å²) in [7, 11) is 6.52. The summed E-state index contributed by atoms with van der Waals surface area (Å²) in [6.07, 6.45) is 3.85. The molecule has 0 amide bonds. The van der Waals surface area contributed by atoms with Crippen LogP contribution in [0.5, 0.6) is 0 Å². The van der Waals surface area contributed by atoms with Crippen LogP contribution < -0.4 is 37.3 Å². The smallest absolute Gasteiger partial charge is 0.542 e. The van der Waals surface area contributed by atoms with Gasteiger partial charge in [-0.2, -0.15) is 0 Å². The minimum Gasteiger partial charge on any atom is -0.542 e. The number of aromatic nitrogens is 1. The molecule has 0 atom stereocenters. The highest BCUT2D eigenvalue weighted by molar-refractivity contribution is 6.92. The van der Waals surface area contributed by atoms with E-state index in [2.05, 4.69) is 0 Å². The van der Waals surface area contributed by atoms with Crippen LogP contribution >= 0.6 is 0 Å². The second-order valence-electron chi connectivity index (χ2n) is 10.5. The lowest BCUT2D eigenvalue weighted by Gasteiger charge is -2.45. The zero-order valence-corrected chi connectivity index (χ0v) is 26.4. The van der Waals surface area contributed by atoms with Gasteiger partial charge in [0.2, 0.25) is 0 Å². The normalized spacial score (nSPS) is 14.4. The van der Waals surface area contributed by atoms with E-state index in [1.165, 1.54) is 0 Å². The van der Waals surface area contributed by atoms with Crippen LogP contribution in [0.4, 0.5) is 0 Å². The van der Waals surface area contributed by atoms with E-state index in [9.17, 15) is 0 Å². The maximum Gasteiger partial charge on any atom is 0.551 e. The van der Waals surface area contributed by atoms with Gasteiger partial charge in [-0.05, 0) is 39.4 Å². The van der Waals surface area contributed by atoms with Crippen LogP contribution in [0.1, 0.15) is 0 Å². The van der Waals surface area contributed by atoms with Gasteiger partial charge >= 0.3 is 42.3 Å². The summed E-state index contributed by atoms with van der Waals surface area (Å²) in [5.41, 5.74) is 4.98. The molecule has 0 unspecified atom stereocenters. The van der Waals surface area contributed by atoms with Crippen molar-refractivity contribution >= 4 is 75.1 Å². The largest absolute Gasteiger partial charge is 0.551 e. The monoisotopic (exact) mass is 607 g/mol. The molecule has 4 aromatic rings. The number of hydrogen-bond acceptors (Lipinski definition) is 9. The van der Waals surface area contributed by atoms with Crippen molar-refractivity contribution in [1.82, 2.24) is 0 Å². The van der Waals surface area contributed by atoms with Crippen molar-refractivity contribution in [3.05, 3.63) is 103 Å². The van der Waals surface area contributed by atoms with Crippen molar-refractivity contribution in [3.8, 4) is 0 Å². The van der Waals surface area contributed by atoms with Crippen molar-refractivity contribution in [2.75, 3.05) is 42.7 Å². The molecule has 0 spiro atoms. The summed E-state index contributed by atoms with van der Waals surface area (Å²) in [6.45, 7) is -2.36. The van der Waals surface area contributed by atoms with Gasteiger partial charge in [-0.3, -0.25) is 0 Å². The molecule has 1 fully saturated rings. The lowest BCUT2D eigenvalue weighted by Crippen LogP contribution is -2.82. The standard InChI is InChI=1S/C29H35B6NO9/c1-37-30(38-2)24-10-14-27(15-11-24)33-43-34(28-16-12-25(13-17-28)31(39-3)40-4)45-35(44-33,36-22-8-7-9-23-36)29-20-18-26(19-21-29)32(41-5)42-6/h7-23H,1-6H3. The Morgan fingerprint density at radius 2 is 0.867 bits per heavy atom. The maximum atomic E-state index is 6.90.